The van der Waals surface area contributed by atoms with Crippen molar-refractivity contribution in [3.05, 3.63) is 94.4 Å². The fourth-order valence-electron chi connectivity index (χ4n) is 5.83. The van der Waals surface area contributed by atoms with E-state index in [1.807, 2.05) is 47.1 Å². The van der Waals surface area contributed by atoms with Crippen molar-refractivity contribution in [2.75, 3.05) is 30.4 Å². The first kappa shape index (κ1) is 34.4. The van der Waals surface area contributed by atoms with E-state index < -0.39 is 4.92 Å². The molecular weight excluding hydrogens is 684 g/mol. The number of hydrogen-bond acceptors (Lipinski definition) is 13. The number of nitro benzene ring substituents is 1. The summed E-state index contributed by atoms with van der Waals surface area (Å²) in [6.07, 6.45) is 13.7. The standard InChI is InChI=1S/C34H34N14O5/c1-44(27-13-14-28(48(51)52)33-32(27)40-53-41-33)17-18-46-20-25(38-42-46)9-4-5-10-31(49)37-24-11-12-26-29(19-24)47(22-36-26)30-21-45(43-39-30)16-6-15-35-34(50)23-7-2-3-8-23/h2-3,7,11-14,19-22H,4-6,9-10,15-18H2,1H3,(H,35,50)(H,37,49). The second-order valence-corrected chi connectivity index (χ2v) is 12.3. The van der Waals surface area contributed by atoms with Crippen molar-refractivity contribution in [3.8, 4) is 5.82 Å². The largest absolute Gasteiger partial charge is 0.371 e. The zero-order chi connectivity index (χ0) is 36.7. The Balaban J connectivity index is 0.846. The summed E-state index contributed by atoms with van der Waals surface area (Å²) in [4.78, 5) is 42.0. The number of aromatic nitrogens is 10. The number of nitrogens with zero attached hydrogens (tertiary/aromatic N) is 12. The molecule has 0 unspecified atom stereocenters. The molecule has 1 aliphatic carbocycles. The van der Waals surface area contributed by atoms with Gasteiger partial charge in [-0.1, -0.05) is 16.5 Å². The minimum Gasteiger partial charge on any atom is -0.371 e. The lowest BCUT2D eigenvalue weighted by molar-refractivity contribution is -0.383. The maximum Gasteiger partial charge on any atom is 0.300 e. The number of hydrogen-bond donors (Lipinski definition) is 2. The molecule has 0 saturated carbocycles. The van der Waals surface area contributed by atoms with Crippen molar-refractivity contribution < 1.29 is 19.1 Å². The number of likely N-dealkylation sites (N-methyl/N-ethyl adjacent to an activating group) is 1. The van der Waals surface area contributed by atoms with E-state index in [2.05, 4.69) is 52.3 Å². The number of imidazole rings is 1. The van der Waals surface area contributed by atoms with Gasteiger partial charge in [0.2, 0.25) is 11.4 Å². The molecule has 7 rings (SSSR count). The molecule has 2 N–H and O–H groups in total. The van der Waals surface area contributed by atoms with E-state index >= 15 is 0 Å². The zero-order valence-corrected chi connectivity index (χ0v) is 28.6. The summed E-state index contributed by atoms with van der Waals surface area (Å²) in [6, 6.07) is 8.53. The van der Waals surface area contributed by atoms with E-state index in [0.717, 1.165) is 23.1 Å². The number of carbonyl (C=O) groups is 2. The molecule has 1 aliphatic rings. The molecule has 0 aliphatic heterocycles. The van der Waals surface area contributed by atoms with Gasteiger partial charge in [0.05, 0.1) is 45.7 Å². The lowest BCUT2D eigenvalue weighted by Gasteiger charge is -2.18. The van der Waals surface area contributed by atoms with E-state index in [9.17, 15) is 19.7 Å². The highest BCUT2D eigenvalue weighted by molar-refractivity contribution is 5.96. The lowest BCUT2D eigenvalue weighted by Crippen LogP contribution is -2.25. The number of rotatable bonds is 17. The zero-order valence-electron chi connectivity index (χ0n) is 28.6. The first-order chi connectivity index (χ1) is 25.8. The van der Waals surface area contributed by atoms with Crippen LogP contribution in [0, 0.1) is 10.1 Å². The van der Waals surface area contributed by atoms with Crippen LogP contribution in [-0.2, 0) is 29.1 Å². The van der Waals surface area contributed by atoms with Gasteiger partial charge in [0.1, 0.15) is 6.33 Å². The third-order valence-corrected chi connectivity index (χ3v) is 8.61. The maximum atomic E-state index is 12.8. The van der Waals surface area contributed by atoms with Gasteiger partial charge >= 0.3 is 5.69 Å². The summed E-state index contributed by atoms with van der Waals surface area (Å²) in [5, 5.41) is 41.7. The quantitative estimate of drug-likeness (QED) is 0.0599. The number of non-ortho nitro benzene ring substituents is 1. The van der Waals surface area contributed by atoms with Crippen LogP contribution in [0.3, 0.4) is 0 Å². The third-order valence-electron chi connectivity index (χ3n) is 8.61. The Hall–Kier alpha value is -7.01. The average Bonchev–Trinajstić information content (AvgIpc) is 4.00. The number of nitro groups is 1. The molecule has 19 nitrogen and oxygen atoms in total. The van der Waals surface area contributed by atoms with E-state index in [1.165, 1.54) is 6.07 Å². The Labute approximate surface area is 300 Å². The van der Waals surface area contributed by atoms with Crippen LogP contribution in [0.1, 0.15) is 31.4 Å². The van der Waals surface area contributed by atoms with Gasteiger partial charge in [-0.3, -0.25) is 33.6 Å². The molecule has 2 amide bonds. The summed E-state index contributed by atoms with van der Waals surface area (Å²) in [5.74, 6) is 0.336. The van der Waals surface area contributed by atoms with E-state index in [-0.39, 0.29) is 23.0 Å². The van der Waals surface area contributed by atoms with Crippen LogP contribution in [0.4, 0.5) is 17.1 Å². The molecule has 0 saturated heterocycles. The van der Waals surface area contributed by atoms with Crippen LogP contribution in [-0.4, -0.2) is 86.7 Å². The molecule has 0 spiro atoms. The first-order valence-electron chi connectivity index (χ1n) is 16.9. The SMILES string of the molecule is CN(CCn1cc(CCCCC(=O)Nc2ccc3ncn(-c4cn(CCCNC(=O)C5=C=CC=C5)nn4)c3c2)nn1)c1ccc([N+](=O)[O-])c2nonc12. The predicted octanol–water partition coefficient (Wildman–Crippen LogP) is 3.30. The molecule has 19 heteroatoms. The number of benzene rings is 2. The Morgan fingerprint density at radius 1 is 1.02 bits per heavy atom. The fourth-order valence-corrected chi connectivity index (χ4v) is 5.83. The molecule has 270 valence electrons. The molecule has 0 bridgehead atoms. The second-order valence-electron chi connectivity index (χ2n) is 12.3. The highest BCUT2D eigenvalue weighted by Crippen LogP contribution is 2.30. The van der Waals surface area contributed by atoms with E-state index in [0.29, 0.717) is 80.1 Å². The van der Waals surface area contributed by atoms with Crippen LogP contribution in [0.5, 0.6) is 0 Å². The Bertz CT molecular complexity index is 2400. The van der Waals surface area contributed by atoms with Crippen LogP contribution in [0.15, 0.2) is 83.2 Å². The summed E-state index contributed by atoms with van der Waals surface area (Å²) < 4.78 is 10.0. The van der Waals surface area contributed by atoms with Crippen molar-refractivity contribution in [2.45, 2.75) is 45.2 Å². The molecule has 6 aromatic rings. The summed E-state index contributed by atoms with van der Waals surface area (Å²) >= 11 is 0. The van der Waals surface area contributed by atoms with Gasteiger partial charge in [-0.05, 0) is 72.4 Å². The molecule has 53 heavy (non-hydrogen) atoms. The van der Waals surface area contributed by atoms with Gasteiger partial charge in [0.25, 0.3) is 5.91 Å². The fraction of sp³-hybridized carbons (Fsp3) is 0.294. The maximum absolute atomic E-state index is 12.8. The summed E-state index contributed by atoms with van der Waals surface area (Å²) in [5.41, 5.74) is 7.31. The van der Waals surface area contributed by atoms with Crippen LogP contribution < -0.4 is 15.5 Å². The van der Waals surface area contributed by atoms with E-state index in [1.54, 1.807) is 40.0 Å². The number of allylic oxidation sites excluding steroid dienone is 1. The molecule has 0 atom stereocenters. The van der Waals surface area contributed by atoms with Gasteiger partial charge in [-0.2, -0.15) is 0 Å². The first-order valence-corrected chi connectivity index (χ1v) is 16.9. The van der Waals surface area contributed by atoms with E-state index in [4.69, 9.17) is 4.63 Å². The molecule has 0 fully saturated rings. The Morgan fingerprint density at radius 2 is 1.87 bits per heavy atom. The lowest BCUT2D eigenvalue weighted by atomic mass is 10.1. The molecule has 0 radical (unpaired) electrons. The van der Waals surface area contributed by atoms with Crippen LogP contribution in [0.25, 0.3) is 27.9 Å². The summed E-state index contributed by atoms with van der Waals surface area (Å²) in [7, 11) is 1.85. The highest BCUT2D eigenvalue weighted by atomic mass is 16.6. The number of nitrogens with one attached hydrogen (secondary N) is 2. The van der Waals surface area contributed by atoms with Gasteiger partial charge in [0, 0.05) is 51.1 Å². The molecule has 4 aromatic heterocycles. The van der Waals surface area contributed by atoms with Crippen molar-refractivity contribution in [3.63, 3.8) is 0 Å². The minimum atomic E-state index is -0.518. The number of unbranched alkanes of at least 4 members (excludes halogenated alkanes) is 1. The Morgan fingerprint density at radius 3 is 2.72 bits per heavy atom. The van der Waals surface area contributed by atoms with Gasteiger partial charge in [-0.25, -0.2) is 9.61 Å². The Kier molecular flexibility index (Phi) is 10.1. The highest BCUT2D eigenvalue weighted by Gasteiger charge is 2.21. The third kappa shape index (κ3) is 7.99. The molecule has 4 heterocycles. The average molecular weight is 719 g/mol. The monoisotopic (exact) mass is 718 g/mol. The second kappa shape index (κ2) is 15.5. The van der Waals surface area contributed by atoms with Gasteiger partial charge < -0.3 is 15.5 Å². The van der Waals surface area contributed by atoms with Crippen molar-refractivity contribution >= 4 is 50.9 Å². The number of amides is 2. The number of fused-ring (bicyclic) bond motifs is 2. The van der Waals surface area contributed by atoms with Crippen LogP contribution in [0.2, 0.25) is 0 Å². The van der Waals surface area contributed by atoms with Crippen molar-refractivity contribution in [1.82, 2.24) is 55.2 Å². The molecular formula is C34H34N14O5. The van der Waals surface area contributed by atoms with Gasteiger partial charge in [-0.15, -0.1) is 15.9 Å². The predicted molar refractivity (Wildman–Crippen MR) is 191 cm³/mol. The van der Waals surface area contributed by atoms with Crippen molar-refractivity contribution in [2.24, 2.45) is 0 Å². The van der Waals surface area contributed by atoms with Gasteiger partial charge in [0.15, 0.2) is 11.3 Å². The summed E-state index contributed by atoms with van der Waals surface area (Å²) in [6.45, 7) is 2.12. The molecule has 2 aromatic carbocycles. The number of carbonyl (C=O) groups excluding carboxylic acids is 2. The number of aryl methyl sites for hydroxylation is 2. The normalized spacial score (nSPS) is 12.1. The van der Waals surface area contributed by atoms with Crippen LogP contribution >= 0.6 is 0 Å². The topological polar surface area (TPSA) is 223 Å². The minimum absolute atomic E-state index is 0.0981. The van der Waals surface area contributed by atoms with Crippen molar-refractivity contribution in [1.29, 1.82) is 0 Å². The smallest absolute Gasteiger partial charge is 0.300 e. The number of anilines is 2.